The molecule has 1 aromatic heterocycles. The molecule has 0 atom stereocenters. The highest BCUT2D eigenvalue weighted by molar-refractivity contribution is 5.70. The molecule has 1 aromatic carbocycles. The molecule has 0 spiro atoms. The van der Waals surface area contributed by atoms with Gasteiger partial charge in [-0.05, 0) is 18.6 Å². The monoisotopic (exact) mass is 261 g/mol. The molecular weight excluding hydrogens is 242 g/mol. The summed E-state index contributed by atoms with van der Waals surface area (Å²) < 4.78 is 10.6. The van der Waals surface area contributed by atoms with Crippen molar-refractivity contribution in [3.05, 3.63) is 24.3 Å². The first-order valence-electron chi connectivity index (χ1n) is 6.30. The molecule has 5 nitrogen and oxygen atoms in total. The maximum absolute atomic E-state index is 5.38. The van der Waals surface area contributed by atoms with Gasteiger partial charge >= 0.3 is 0 Å². The molecular formula is C14H19N3O2. The zero-order chi connectivity index (χ0) is 13.7. The largest absolute Gasteiger partial charge is 0.497 e. The molecule has 102 valence electrons. The number of rotatable bonds is 6. The minimum absolute atomic E-state index is 0.755. The Hall–Kier alpha value is -2.17. The number of nitrogens with one attached hydrogen (secondary N) is 2. The molecule has 0 saturated carbocycles. The number of aromatic amines is 1. The molecule has 1 heterocycles. The van der Waals surface area contributed by atoms with Gasteiger partial charge in [0, 0.05) is 24.2 Å². The van der Waals surface area contributed by atoms with Crippen LogP contribution in [0.15, 0.2) is 24.3 Å². The third-order valence-electron chi connectivity index (χ3n) is 2.83. The summed E-state index contributed by atoms with van der Waals surface area (Å²) in [4.78, 5) is 0. The maximum Gasteiger partial charge on any atom is 0.148 e. The SMILES string of the molecule is CCCNc1cc(-c2ccc(OC)cc2OC)[nH]n1. The molecule has 0 aliphatic carbocycles. The average Bonchev–Trinajstić information content (AvgIpc) is 2.92. The van der Waals surface area contributed by atoms with Crippen LogP contribution < -0.4 is 14.8 Å². The number of methoxy groups -OCH3 is 2. The van der Waals surface area contributed by atoms with Crippen molar-refractivity contribution in [2.45, 2.75) is 13.3 Å². The van der Waals surface area contributed by atoms with Crippen LogP contribution in [0.5, 0.6) is 11.5 Å². The van der Waals surface area contributed by atoms with E-state index >= 15 is 0 Å². The van der Waals surface area contributed by atoms with Crippen molar-refractivity contribution >= 4 is 5.82 Å². The number of benzene rings is 1. The standard InChI is InChI=1S/C14H19N3O2/c1-4-7-15-14-9-12(16-17-14)11-6-5-10(18-2)8-13(11)19-3/h5-6,8-9H,4,7H2,1-3H3,(H2,15,16,17). The van der Waals surface area contributed by atoms with Crippen LogP contribution in [0.2, 0.25) is 0 Å². The van der Waals surface area contributed by atoms with Crippen molar-refractivity contribution in [2.24, 2.45) is 0 Å². The summed E-state index contributed by atoms with van der Waals surface area (Å²) >= 11 is 0. The molecule has 2 N–H and O–H groups in total. The van der Waals surface area contributed by atoms with E-state index in [1.807, 2.05) is 24.3 Å². The molecule has 5 heteroatoms. The molecule has 2 aromatic rings. The van der Waals surface area contributed by atoms with Crippen molar-refractivity contribution < 1.29 is 9.47 Å². The van der Waals surface area contributed by atoms with Gasteiger partial charge in [-0.1, -0.05) is 6.92 Å². The van der Waals surface area contributed by atoms with Gasteiger partial charge in [0.25, 0.3) is 0 Å². The Morgan fingerprint density at radius 1 is 1.21 bits per heavy atom. The first-order chi connectivity index (χ1) is 9.28. The Labute approximate surface area is 112 Å². The van der Waals surface area contributed by atoms with Gasteiger partial charge in [0.1, 0.15) is 17.3 Å². The maximum atomic E-state index is 5.38. The molecule has 0 radical (unpaired) electrons. The second-order valence-electron chi connectivity index (χ2n) is 4.16. The Kier molecular flexibility index (Phi) is 4.28. The van der Waals surface area contributed by atoms with Gasteiger partial charge in [0.2, 0.25) is 0 Å². The first-order valence-corrected chi connectivity index (χ1v) is 6.30. The predicted octanol–water partition coefficient (Wildman–Crippen LogP) is 2.92. The zero-order valence-corrected chi connectivity index (χ0v) is 11.5. The number of ether oxygens (including phenoxy) is 2. The first kappa shape index (κ1) is 13.3. The van der Waals surface area contributed by atoms with Crippen molar-refractivity contribution in [3.63, 3.8) is 0 Å². The lowest BCUT2D eigenvalue weighted by Crippen LogP contribution is -1.99. The fraction of sp³-hybridized carbons (Fsp3) is 0.357. The molecule has 0 aliphatic rings. The molecule has 0 amide bonds. The Morgan fingerprint density at radius 3 is 2.74 bits per heavy atom. The number of hydrogen-bond acceptors (Lipinski definition) is 4. The highest BCUT2D eigenvalue weighted by Gasteiger charge is 2.10. The van der Waals surface area contributed by atoms with Crippen LogP contribution >= 0.6 is 0 Å². The average molecular weight is 261 g/mol. The van der Waals surface area contributed by atoms with Crippen molar-refractivity contribution in [1.29, 1.82) is 0 Å². The quantitative estimate of drug-likeness (QED) is 0.839. The molecule has 0 aliphatic heterocycles. The van der Waals surface area contributed by atoms with Gasteiger partial charge < -0.3 is 14.8 Å². The van der Waals surface area contributed by atoms with E-state index in [-0.39, 0.29) is 0 Å². The van der Waals surface area contributed by atoms with Gasteiger partial charge in [0.05, 0.1) is 19.9 Å². The molecule has 0 unspecified atom stereocenters. The van der Waals surface area contributed by atoms with Crippen LogP contribution in [0.1, 0.15) is 13.3 Å². The number of hydrogen-bond donors (Lipinski definition) is 2. The number of anilines is 1. The van der Waals surface area contributed by atoms with E-state index < -0.39 is 0 Å². The van der Waals surface area contributed by atoms with Gasteiger partial charge in [-0.2, -0.15) is 5.10 Å². The van der Waals surface area contributed by atoms with Crippen LogP contribution in [0.3, 0.4) is 0 Å². The third kappa shape index (κ3) is 2.99. The van der Waals surface area contributed by atoms with Gasteiger partial charge in [-0.25, -0.2) is 0 Å². The second kappa shape index (κ2) is 6.13. The summed E-state index contributed by atoms with van der Waals surface area (Å²) in [6.45, 7) is 3.02. The fourth-order valence-electron chi connectivity index (χ4n) is 1.82. The smallest absolute Gasteiger partial charge is 0.148 e. The van der Waals surface area contributed by atoms with E-state index in [0.717, 1.165) is 41.5 Å². The van der Waals surface area contributed by atoms with Crippen molar-refractivity contribution in [2.75, 3.05) is 26.1 Å². The van der Waals surface area contributed by atoms with Crippen molar-refractivity contribution in [1.82, 2.24) is 10.2 Å². The minimum atomic E-state index is 0.755. The molecule has 0 bridgehead atoms. The summed E-state index contributed by atoms with van der Waals surface area (Å²) in [5.41, 5.74) is 1.87. The number of H-pyrrole nitrogens is 1. The van der Waals surface area contributed by atoms with Crippen LogP contribution in [-0.4, -0.2) is 31.0 Å². The summed E-state index contributed by atoms with van der Waals surface area (Å²) in [7, 11) is 3.28. The molecule has 2 rings (SSSR count). The molecule has 0 fully saturated rings. The third-order valence-corrected chi connectivity index (χ3v) is 2.83. The van der Waals surface area contributed by atoms with Gasteiger partial charge in [-0.3, -0.25) is 5.10 Å². The van der Waals surface area contributed by atoms with Crippen LogP contribution in [0, 0.1) is 0 Å². The highest BCUT2D eigenvalue weighted by atomic mass is 16.5. The summed E-state index contributed by atoms with van der Waals surface area (Å²) in [6.07, 6.45) is 1.06. The summed E-state index contributed by atoms with van der Waals surface area (Å²) in [6, 6.07) is 7.68. The topological polar surface area (TPSA) is 59.2 Å². The van der Waals surface area contributed by atoms with E-state index in [9.17, 15) is 0 Å². The van der Waals surface area contributed by atoms with Crippen LogP contribution in [-0.2, 0) is 0 Å². The summed E-state index contributed by atoms with van der Waals surface area (Å²) in [5.74, 6) is 2.37. The predicted molar refractivity (Wildman–Crippen MR) is 75.9 cm³/mol. The van der Waals surface area contributed by atoms with Crippen LogP contribution in [0.25, 0.3) is 11.3 Å². The Bertz CT molecular complexity index is 537. The van der Waals surface area contributed by atoms with Gasteiger partial charge in [-0.15, -0.1) is 0 Å². The van der Waals surface area contributed by atoms with E-state index in [0.29, 0.717) is 0 Å². The minimum Gasteiger partial charge on any atom is -0.497 e. The van der Waals surface area contributed by atoms with E-state index in [1.165, 1.54) is 0 Å². The van der Waals surface area contributed by atoms with Crippen molar-refractivity contribution in [3.8, 4) is 22.8 Å². The second-order valence-corrected chi connectivity index (χ2v) is 4.16. The van der Waals surface area contributed by atoms with Crippen LogP contribution in [0.4, 0.5) is 5.82 Å². The van der Waals surface area contributed by atoms with Gasteiger partial charge in [0.15, 0.2) is 0 Å². The van der Waals surface area contributed by atoms with E-state index in [4.69, 9.17) is 9.47 Å². The number of nitrogens with zero attached hydrogens (tertiary/aromatic N) is 1. The Morgan fingerprint density at radius 2 is 2.05 bits per heavy atom. The normalized spacial score (nSPS) is 10.3. The highest BCUT2D eigenvalue weighted by Crippen LogP contribution is 2.32. The Balaban J connectivity index is 2.27. The van der Waals surface area contributed by atoms with E-state index in [1.54, 1.807) is 14.2 Å². The summed E-state index contributed by atoms with van der Waals surface area (Å²) in [5, 5.41) is 10.5. The molecule has 19 heavy (non-hydrogen) atoms. The zero-order valence-electron chi connectivity index (χ0n) is 11.5. The van der Waals surface area contributed by atoms with E-state index in [2.05, 4.69) is 22.4 Å². The lowest BCUT2D eigenvalue weighted by atomic mass is 10.1. The lowest BCUT2D eigenvalue weighted by Gasteiger charge is -2.08. The molecule has 0 saturated heterocycles. The number of aromatic nitrogens is 2. The lowest BCUT2D eigenvalue weighted by molar-refractivity contribution is 0.395. The fourth-order valence-corrected chi connectivity index (χ4v) is 1.82.